The Balaban J connectivity index is 3.45. The number of carbonyl (C=O) groups is 3. The molecular weight excluding hydrogens is 418 g/mol. The molecule has 0 spiro atoms. The van der Waals surface area contributed by atoms with Crippen LogP contribution in [0.5, 0.6) is 0 Å². The summed E-state index contributed by atoms with van der Waals surface area (Å²) in [6.45, 7) is 18.6. The number of benzene rings is 1. The molecule has 2 atom stereocenters. The minimum absolute atomic E-state index is 0.0890. The lowest BCUT2D eigenvalue weighted by molar-refractivity contribution is -0.149. The first kappa shape index (κ1) is 28.5. The third-order valence-corrected chi connectivity index (χ3v) is 5.50. The van der Waals surface area contributed by atoms with Crippen LogP contribution >= 0.6 is 0 Å². The number of ether oxygens (including phenoxy) is 1. The second-order valence-corrected chi connectivity index (χ2v) is 10.4. The van der Waals surface area contributed by atoms with Crippen LogP contribution in [0.3, 0.4) is 0 Å². The molecule has 0 saturated heterocycles. The van der Waals surface area contributed by atoms with Crippen LogP contribution in [0.15, 0.2) is 24.3 Å². The number of nitrogens with one attached hydrogen (secondary N) is 2. The Morgan fingerprint density at radius 2 is 1.48 bits per heavy atom. The molecular formula is C26H43N3O4. The maximum Gasteiger partial charge on any atom is 0.408 e. The molecule has 1 rings (SSSR count). The highest BCUT2D eigenvalue weighted by molar-refractivity contribution is 5.92. The first-order valence-electron chi connectivity index (χ1n) is 11.8. The van der Waals surface area contributed by atoms with Crippen LogP contribution in [0.1, 0.15) is 92.8 Å². The Morgan fingerprint density at radius 1 is 0.939 bits per heavy atom. The topological polar surface area (TPSA) is 87.7 Å². The summed E-state index contributed by atoms with van der Waals surface area (Å²) in [5, 5.41) is 5.60. The second kappa shape index (κ2) is 11.5. The normalized spacial score (nSPS) is 13.8. The zero-order chi connectivity index (χ0) is 25.6. The predicted octanol–water partition coefficient (Wildman–Crippen LogP) is 4.75. The van der Waals surface area contributed by atoms with Crippen molar-refractivity contribution in [1.29, 1.82) is 0 Å². The molecule has 33 heavy (non-hydrogen) atoms. The molecule has 0 fully saturated rings. The molecule has 0 bridgehead atoms. The smallest absolute Gasteiger partial charge is 0.408 e. The van der Waals surface area contributed by atoms with E-state index in [0.717, 1.165) is 17.5 Å². The van der Waals surface area contributed by atoms with Gasteiger partial charge < -0.3 is 20.3 Å². The first-order valence-corrected chi connectivity index (χ1v) is 11.8. The van der Waals surface area contributed by atoms with E-state index in [1.807, 2.05) is 58.9 Å². The van der Waals surface area contributed by atoms with Crippen LogP contribution in [0.4, 0.5) is 4.79 Å². The van der Waals surface area contributed by atoms with E-state index in [1.54, 1.807) is 32.6 Å². The van der Waals surface area contributed by atoms with E-state index in [4.69, 9.17) is 4.74 Å². The molecule has 0 aliphatic carbocycles. The van der Waals surface area contributed by atoms with Gasteiger partial charge in [0.25, 0.3) is 0 Å². The average Bonchev–Trinajstić information content (AvgIpc) is 2.69. The molecule has 2 N–H and O–H groups in total. The number of nitrogens with zero attached hydrogens (tertiary/aromatic N) is 1. The van der Waals surface area contributed by atoms with Gasteiger partial charge in [-0.05, 0) is 79.4 Å². The minimum atomic E-state index is -0.880. The fraction of sp³-hybridized carbons (Fsp3) is 0.654. The number of hydrogen-bond acceptors (Lipinski definition) is 4. The summed E-state index contributed by atoms with van der Waals surface area (Å²) < 4.78 is 5.32. The van der Waals surface area contributed by atoms with Crippen LogP contribution in [0.2, 0.25) is 0 Å². The fourth-order valence-electron chi connectivity index (χ4n) is 3.42. The van der Waals surface area contributed by atoms with Crippen molar-refractivity contribution in [3.8, 4) is 0 Å². The second-order valence-electron chi connectivity index (χ2n) is 10.4. The minimum Gasteiger partial charge on any atom is -0.444 e. The number of alkyl carbamates (subject to hydrolysis) is 1. The van der Waals surface area contributed by atoms with Gasteiger partial charge in [-0.1, -0.05) is 38.1 Å². The monoisotopic (exact) mass is 461 g/mol. The van der Waals surface area contributed by atoms with Crippen LogP contribution in [0.25, 0.3) is 0 Å². The summed E-state index contributed by atoms with van der Waals surface area (Å²) in [5.41, 5.74) is 0.540. The molecule has 0 aromatic heterocycles. The summed E-state index contributed by atoms with van der Waals surface area (Å²) in [5.74, 6) is -0.607. The third kappa shape index (κ3) is 8.37. The molecule has 0 radical (unpaired) electrons. The van der Waals surface area contributed by atoms with Gasteiger partial charge in [-0.25, -0.2) is 4.79 Å². The van der Waals surface area contributed by atoms with Crippen LogP contribution in [-0.2, 0) is 20.7 Å². The number of aryl methyl sites for hydroxylation is 1. The molecule has 7 heteroatoms. The molecule has 0 saturated carbocycles. The van der Waals surface area contributed by atoms with Crippen molar-refractivity contribution in [2.45, 2.75) is 111 Å². The molecule has 2 unspecified atom stereocenters. The summed E-state index contributed by atoms with van der Waals surface area (Å²) in [6, 6.07) is 5.96. The van der Waals surface area contributed by atoms with E-state index >= 15 is 0 Å². The lowest BCUT2D eigenvalue weighted by Crippen LogP contribution is -2.59. The highest BCUT2D eigenvalue weighted by Crippen LogP contribution is 2.32. The van der Waals surface area contributed by atoms with E-state index in [0.29, 0.717) is 6.42 Å². The van der Waals surface area contributed by atoms with Gasteiger partial charge in [0.15, 0.2) is 0 Å². The molecule has 1 aromatic rings. The quantitative estimate of drug-likeness (QED) is 0.556. The number of hydrogen-bond donors (Lipinski definition) is 2. The Morgan fingerprint density at radius 3 is 1.91 bits per heavy atom. The highest BCUT2D eigenvalue weighted by atomic mass is 16.6. The van der Waals surface area contributed by atoms with Crippen molar-refractivity contribution in [3.05, 3.63) is 35.4 Å². The maximum absolute atomic E-state index is 13.8. The first-order chi connectivity index (χ1) is 15.1. The lowest BCUT2D eigenvalue weighted by Gasteiger charge is -2.44. The van der Waals surface area contributed by atoms with Gasteiger partial charge in [-0.2, -0.15) is 0 Å². The van der Waals surface area contributed by atoms with Gasteiger partial charge in [0.1, 0.15) is 17.7 Å². The van der Waals surface area contributed by atoms with Gasteiger partial charge in [-0.3, -0.25) is 9.59 Å². The van der Waals surface area contributed by atoms with Crippen molar-refractivity contribution in [2.24, 2.45) is 0 Å². The molecule has 0 aliphatic heterocycles. The van der Waals surface area contributed by atoms with Gasteiger partial charge in [0.05, 0.1) is 0 Å². The van der Waals surface area contributed by atoms with Gasteiger partial charge >= 0.3 is 6.09 Å². The molecule has 0 heterocycles. The van der Waals surface area contributed by atoms with Crippen LogP contribution in [0, 0.1) is 0 Å². The number of carbonyl (C=O) groups excluding carboxylic acids is 3. The van der Waals surface area contributed by atoms with E-state index in [2.05, 4.69) is 17.6 Å². The van der Waals surface area contributed by atoms with Crippen LogP contribution in [-0.4, -0.2) is 46.0 Å². The predicted molar refractivity (Wildman–Crippen MR) is 132 cm³/mol. The Bertz CT molecular complexity index is 810. The maximum atomic E-state index is 13.8. The Kier molecular flexibility index (Phi) is 9.94. The third-order valence-electron chi connectivity index (χ3n) is 5.50. The van der Waals surface area contributed by atoms with E-state index in [1.165, 1.54) is 0 Å². The zero-order valence-electron chi connectivity index (χ0n) is 22.0. The van der Waals surface area contributed by atoms with Crippen molar-refractivity contribution >= 4 is 17.9 Å². The highest BCUT2D eigenvalue weighted by Gasteiger charge is 2.42. The van der Waals surface area contributed by atoms with Gasteiger partial charge in [0, 0.05) is 11.6 Å². The SMILES string of the molecule is CCc1ccc(C(C(=O)NC(C)C)N(C(=O)C(C)NC(=O)OC(C)(C)C)C(C)(C)CC)cc1. The van der Waals surface area contributed by atoms with Gasteiger partial charge in [0.2, 0.25) is 11.8 Å². The van der Waals surface area contributed by atoms with Crippen molar-refractivity contribution in [2.75, 3.05) is 0 Å². The summed E-state index contributed by atoms with van der Waals surface area (Å²) in [4.78, 5) is 41.1. The largest absolute Gasteiger partial charge is 0.444 e. The molecule has 0 aliphatic rings. The molecule has 3 amide bonds. The molecule has 1 aromatic carbocycles. The average molecular weight is 462 g/mol. The van der Waals surface area contributed by atoms with Crippen molar-refractivity contribution in [1.82, 2.24) is 15.5 Å². The van der Waals surface area contributed by atoms with E-state index in [9.17, 15) is 14.4 Å². The van der Waals surface area contributed by atoms with Crippen molar-refractivity contribution < 1.29 is 19.1 Å². The number of amides is 3. The number of rotatable bonds is 9. The Labute approximate surface area is 199 Å². The summed E-state index contributed by atoms with van der Waals surface area (Å²) >= 11 is 0. The van der Waals surface area contributed by atoms with Crippen molar-refractivity contribution in [3.63, 3.8) is 0 Å². The van der Waals surface area contributed by atoms with E-state index in [-0.39, 0.29) is 17.9 Å². The summed E-state index contributed by atoms with van der Waals surface area (Å²) in [6.07, 6.45) is 0.826. The molecule has 186 valence electrons. The van der Waals surface area contributed by atoms with E-state index < -0.39 is 29.3 Å². The zero-order valence-corrected chi connectivity index (χ0v) is 22.0. The molecule has 7 nitrogen and oxygen atoms in total. The van der Waals surface area contributed by atoms with Gasteiger partial charge in [-0.15, -0.1) is 0 Å². The van der Waals surface area contributed by atoms with Crippen LogP contribution < -0.4 is 10.6 Å². The Hall–Kier alpha value is -2.57. The fourth-order valence-corrected chi connectivity index (χ4v) is 3.42. The summed E-state index contributed by atoms with van der Waals surface area (Å²) in [7, 11) is 0. The lowest BCUT2D eigenvalue weighted by atomic mass is 9.91. The standard InChI is InChI=1S/C26H43N3O4/c1-11-19-13-15-20(16-14-19)21(22(30)27-17(3)4)29(26(9,10)12-2)23(31)18(5)28-24(32)33-25(6,7)8/h13-18,21H,11-12H2,1-10H3,(H,27,30)(H,28,32).